The minimum atomic E-state index is -0.506. The Kier molecular flexibility index (Phi) is 6.83. The Balaban J connectivity index is 1.56. The van der Waals surface area contributed by atoms with Gasteiger partial charge in [0.25, 0.3) is 0 Å². The fraction of sp³-hybridized carbons (Fsp3) is 0.167. The second-order valence-corrected chi connectivity index (χ2v) is 7.19. The first kappa shape index (κ1) is 19.4. The lowest BCUT2D eigenvalue weighted by Gasteiger charge is -2.21. The number of hydrogen-bond donors (Lipinski definition) is 1. The van der Waals surface area contributed by atoms with Crippen molar-refractivity contribution in [2.75, 3.05) is 13.6 Å². The third-order valence-corrected chi connectivity index (χ3v) is 4.69. The van der Waals surface area contributed by atoms with Crippen molar-refractivity contribution < 1.29 is 5.11 Å². The van der Waals surface area contributed by atoms with Gasteiger partial charge in [0.1, 0.15) is 0 Å². The summed E-state index contributed by atoms with van der Waals surface area (Å²) in [5, 5.41) is 11.3. The first-order chi connectivity index (χ1) is 13.1. The molecule has 3 heteroatoms. The molecule has 0 aliphatic carbocycles. The van der Waals surface area contributed by atoms with Crippen molar-refractivity contribution in [2.45, 2.75) is 12.6 Å². The van der Waals surface area contributed by atoms with Gasteiger partial charge in [0.15, 0.2) is 0 Å². The Morgan fingerprint density at radius 3 is 2.00 bits per heavy atom. The lowest BCUT2D eigenvalue weighted by atomic mass is 10.1. The molecule has 27 heavy (non-hydrogen) atoms. The lowest BCUT2D eigenvalue weighted by Crippen LogP contribution is -2.24. The highest BCUT2D eigenvalue weighted by Crippen LogP contribution is 2.18. The molecule has 0 aliphatic heterocycles. The molecule has 0 aromatic heterocycles. The van der Waals surface area contributed by atoms with E-state index in [2.05, 4.69) is 29.2 Å². The quantitative estimate of drug-likeness (QED) is 0.536. The summed E-state index contributed by atoms with van der Waals surface area (Å²) in [5.74, 6) is 0. The van der Waals surface area contributed by atoms with E-state index in [1.165, 1.54) is 5.56 Å². The molecule has 0 radical (unpaired) electrons. The second kappa shape index (κ2) is 9.52. The number of benzene rings is 3. The van der Waals surface area contributed by atoms with Crippen molar-refractivity contribution in [2.24, 2.45) is 0 Å². The van der Waals surface area contributed by atoms with Crippen LogP contribution in [0.2, 0.25) is 5.02 Å². The summed E-state index contributed by atoms with van der Waals surface area (Å²) < 4.78 is 0. The van der Waals surface area contributed by atoms with Crippen molar-refractivity contribution in [3.8, 4) is 0 Å². The van der Waals surface area contributed by atoms with Crippen LogP contribution >= 0.6 is 11.6 Å². The van der Waals surface area contributed by atoms with E-state index >= 15 is 0 Å². The van der Waals surface area contributed by atoms with Crippen LogP contribution in [0.4, 0.5) is 0 Å². The largest absolute Gasteiger partial charge is 0.387 e. The van der Waals surface area contributed by atoms with E-state index in [-0.39, 0.29) is 0 Å². The van der Waals surface area contributed by atoms with Gasteiger partial charge >= 0.3 is 0 Å². The molecule has 0 aliphatic rings. The van der Waals surface area contributed by atoms with E-state index in [1.807, 2.05) is 73.8 Å². The summed E-state index contributed by atoms with van der Waals surface area (Å²) in [6, 6.07) is 26.1. The van der Waals surface area contributed by atoms with E-state index in [0.717, 1.165) is 28.3 Å². The van der Waals surface area contributed by atoms with Crippen LogP contribution in [-0.2, 0) is 6.54 Å². The molecule has 3 aromatic carbocycles. The Morgan fingerprint density at radius 1 is 0.852 bits per heavy atom. The maximum absolute atomic E-state index is 10.5. The fourth-order valence-electron chi connectivity index (χ4n) is 2.96. The minimum Gasteiger partial charge on any atom is -0.387 e. The highest BCUT2D eigenvalue weighted by molar-refractivity contribution is 6.30. The molecule has 138 valence electrons. The SMILES string of the molecule is CN(Cc1ccccc1)C[C@@H](O)c1ccc(/C=C\c2ccc(Cl)cc2)cc1. The van der Waals surface area contributed by atoms with Gasteiger partial charge < -0.3 is 5.11 Å². The van der Waals surface area contributed by atoms with Gasteiger partial charge in [-0.1, -0.05) is 90.5 Å². The minimum absolute atomic E-state index is 0.506. The summed E-state index contributed by atoms with van der Waals surface area (Å²) in [6.45, 7) is 1.41. The Labute approximate surface area is 166 Å². The molecule has 0 bridgehead atoms. The van der Waals surface area contributed by atoms with Gasteiger partial charge in [-0.15, -0.1) is 0 Å². The molecule has 0 fully saturated rings. The standard InChI is InChI=1S/C24H24ClNO/c1-26(17-21-5-3-2-4-6-21)18-24(27)22-13-9-19(10-14-22)7-8-20-11-15-23(25)16-12-20/h2-16,24,27H,17-18H2,1H3/b8-7-/t24-/m1/s1. The van der Waals surface area contributed by atoms with Crippen LogP contribution in [0.5, 0.6) is 0 Å². The van der Waals surface area contributed by atoms with Gasteiger partial charge in [0, 0.05) is 18.1 Å². The zero-order valence-corrected chi connectivity index (χ0v) is 16.2. The Bertz CT molecular complexity index is 857. The van der Waals surface area contributed by atoms with Gasteiger partial charge in [-0.3, -0.25) is 4.90 Å². The van der Waals surface area contributed by atoms with Gasteiger partial charge in [-0.05, 0) is 41.4 Å². The molecular weight excluding hydrogens is 354 g/mol. The smallest absolute Gasteiger partial charge is 0.0916 e. The second-order valence-electron chi connectivity index (χ2n) is 6.75. The van der Waals surface area contributed by atoms with Crippen LogP contribution < -0.4 is 0 Å². The number of nitrogens with zero attached hydrogens (tertiary/aromatic N) is 1. The van der Waals surface area contributed by atoms with Crippen molar-refractivity contribution in [3.63, 3.8) is 0 Å². The predicted octanol–water partition coefficient (Wildman–Crippen LogP) is 5.68. The summed E-state index contributed by atoms with van der Waals surface area (Å²) in [6.07, 6.45) is 3.60. The van der Waals surface area contributed by atoms with Gasteiger partial charge in [0.2, 0.25) is 0 Å². The zero-order valence-electron chi connectivity index (χ0n) is 15.4. The monoisotopic (exact) mass is 377 g/mol. The molecule has 2 nitrogen and oxygen atoms in total. The summed E-state index contributed by atoms with van der Waals surface area (Å²) in [5.41, 5.74) is 4.37. The van der Waals surface area contributed by atoms with Crippen LogP contribution in [0.25, 0.3) is 12.2 Å². The van der Waals surface area contributed by atoms with E-state index in [9.17, 15) is 5.11 Å². The van der Waals surface area contributed by atoms with Crippen LogP contribution in [0, 0.1) is 0 Å². The average Bonchev–Trinajstić information content (AvgIpc) is 2.68. The van der Waals surface area contributed by atoms with Gasteiger partial charge in [-0.2, -0.15) is 0 Å². The molecule has 0 unspecified atom stereocenters. The number of likely N-dealkylation sites (N-methyl/N-ethyl adjacent to an activating group) is 1. The van der Waals surface area contributed by atoms with Crippen molar-refractivity contribution in [3.05, 3.63) is 106 Å². The van der Waals surface area contributed by atoms with Gasteiger partial charge in [0.05, 0.1) is 6.10 Å². The molecule has 0 spiro atoms. The number of hydrogen-bond acceptors (Lipinski definition) is 2. The number of halogens is 1. The molecular formula is C24H24ClNO. The number of aliphatic hydroxyl groups is 1. The third kappa shape index (κ3) is 6.07. The van der Waals surface area contributed by atoms with E-state index in [4.69, 9.17) is 11.6 Å². The molecule has 0 saturated carbocycles. The molecule has 1 atom stereocenters. The van der Waals surface area contributed by atoms with E-state index < -0.39 is 6.10 Å². The predicted molar refractivity (Wildman–Crippen MR) is 115 cm³/mol. The summed E-state index contributed by atoms with van der Waals surface area (Å²) >= 11 is 5.91. The highest BCUT2D eigenvalue weighted by atomic mass is 35.5. The molecule has 1 N–H and O–H groups in total. The summed E-state index contributed by atoms with van der Waals surface area (Å²) in [4.78, 5) is 2.13. The van der Waals surface area contributed by atoms with Crippen molar-refractivity contribution >= 4 is 23.8 Å². The molecule has 3 aromatic rings. The number of rotatable bonds is 7. The zero-order chi connectivity index (χ0) is 19.1. The Morgan fingerprint density at radius 2 is 1.41 bits per heavy atom. The van der Waals surface area contributed by atoms with Gasteiger partial charge in [-0.25, -0.2) is 0 Å². The molecule has 0 amide bonds. The van der Waals surface area contributed by atoms with E-state index in [1.54, 1.807) is 0 Å². The maximum Gasteiger partial charge on any atom is 0.0916 e. The Hall–Kier alpha value is -2.39. The van der Waals surface area contributed by atoms with Crippen LogP contribution in [0.1, 0.15) is 28.4 Å². The van der Waals surface area contributed by atoms with Crippen LogP contribution in [-0.4, -0.2) is 23.6 Å². The first-order valence-corrected chi connectivity index (χ1v) is 9.42. The first-order valence-electron chi connectivity index (χ1n) is 9.04. The fourth-order valence-corrected chi connectivity index (χ4v) is 3.08. The van der Waals surface area contributed by atoms with Crippen molar-refractivity contribution in [1.82, 2.24) is 4.90 Å². The van der Waals surface area contributed by atoms with Crippen molar-refractivity contribution in [1.29, 1.82) is 0 Å². The van der Waals surface area contributed by atoms with Crippen LogP contribution in [0.3, 0.4) is 0 Å². The highest BCUT2D eigenvalue weighted by Gasteiger charge is 2.10. The van der Waals surface area contributed by atoms with Crippen LogP contribution in [0.15, 0.2) is 78.9 Å². The lowest BCUT2D eigenvalue weighted by molar-refractivity contribution is 0.124. The molecule has 3 rings (SSSR count). The molecule has 0 heterocycles. The molecule has 0 saturated heterocycles. The topological polar surface area (TPSA) is 23.5 Å². The summed E-state index contributed by atoms with van der Waals surface area (Å²) in [7, 11) is 2.03. The average molecular weight is 378 g/mol. The number of aliphatic hydroxyl groups excluding tert-OH is 1. The van der Waals surface area contributed by atoms with E-state index in [0.29, 0.717) is 6.54 Å². The normalized spacial score (nSPS) is 12.6. The third-order valence-electron chi connectivity index (χ3n) is 4.44. The maximum atomic E-state index is 10.5.